The Balaban J connectivity index is 2.34. The number of nitriles is 1. The van der Waals surface area contributed by atoms with Crippen LogP contribution in [0.15, 0.2) is 30.3 Å². The van der Waals surface area contributed by atoms with Crippen molar-refractivity contribution in [2.24, 2.45) is 0 Å². The van der Waals surface area contributed by atoms with Gasteiger partial charge in [0.15, 0.2) is 0 Å². The second kappa shape index (κ2) is 5.70. The summed E-state index contributed by atoms with van der Waals surface area (Å²) < 4.78 is 13.2. The molecule has 0 atom stereocenters. The van der Waals surface area contributed by atoms with Crippen molar-refractivity contribution in [3.63, 3.8) is 0 Å². The number of nitrogens with zero attached hydrogens (tertiary/aromatic N) is 3. The number of aromatic nitrogens is 1. The first kappa shape index (κ1) is 14.0. The molecule has 0 radical (unpaired) electrons. The SMILES string of the molecule is Cc1cc(N(C)Cc2cccc(F)c2)c(C#N)c(C)n1. The summed E-state index contributed by atoms with van der Waals surface area (Å²) in [6.45, 7) is 4.26. The van der Waals surface area contributed by atoms with Gasteiger partial charge in [-0.3, -0.25) is 4.98 Å². The fourth-order valence-corrected chi connectivity index (χ4v) is 2.24. The van der Waals surface area contributed by atoms with E-state index in [9.17, 15) is 9.65 Å². The van der Waals surface area contributed by atoms with Crippen LogP contribution in [0, 0.1) is 31.0 Å². The Bertz CT molecular complexity index is 674. The van der Waals surface area contributed by atoms with Crippen LogP contribution in [0.1, 0.15) is 22.5 Å². The molecule has 0 aliphatic rings. The maximum Gasteiger partial charge on any atom is 0.123 e. The van der Waals surface area contributed by atoms with E-state index in [1.807, 2.05) is 37.9 Å². The maximum atomic E-state index is 13.2. The second-order valence-electron chi connectivity index (χ2n) is 4.84. The van der Waals surface area contributed by atoms with Crippen molar-refractivity contribution in [3.8, 4) is 6.07 Å². The molecule has 0 aliphatic carbocycles. The Morgan fingerprint density at radius 1 is 1.30 bits per heavy atom. The Morgan fingerprint density at radius 2 is 2.05 bits per heavy atom. The number of rotatable bonds is 3. The van der Waals surface area contributed by atoms with Crippen molar-refractivity contribution in [3.05, 3.63) is 58.7 Å². The van der Waals surface area contributed by atoms with Crippen LogP contribution in [-0.2, 0) is 6.54 Å². The van der Waals surface area contributed by atoms with Crippen LogP contribution < -0.4 is 4.90 Å². The van der Waals surface area contributed by atoms with E-state index in [-0.39, 0.29) is 5.82 Å². The highest BCUT2D eigenvalue weighted by Crippen LogP contribution is 2.23. The third kappa shape index (κ3) is 2.94. The van der Waals surface area contributed by atoms with Crippen molar-refractivity contribution in [1.29, 1.82) is 5.26 Å². The van der Waals surface area contributed by atoms with Gasteiger partial charge in [-0.2, -0.15) is 5.26 Å². The number of pyridine rings is 1. The molecule has 1 aromatic carbocycles. The molecular formula is C16H16FN3. The molecule has 3 nitrogen and oxygen atoms in total. The van der Waals surface area contributed by atoms with Gasteiger partial charge >= 0.3 is 0 Å². The molecule has 0 bridgehead atoms. The Morgan fingerprint density at radius 3 is 2.70 bits per heavy atom. The van der Waals surface area contributed by atoms with Gasteiger partial charge in [0.2, 0.25) is 0 Å². The largest absolute Gasteiger partial charge is 0.369 e. The van der Waals surface area contributed by atoms with Gasteiger partial charge in [-0.15, -0.1) is 0 Å². The predicted octanol–water partition coefficient (Wildman–Crippen LogP) is 3.35. The number of halogens is 1. The first-order valence-corrected chi connectivity index (χ1v) is 6.35. The summed E-state index contributed by atoms with van der Waals surface area (Å²) in [7, 11) is 1.89. The standard InChI is InChI=1S/C16H16FN3/c1-11-7-16(15(9-18)12(2)19-11)20(3)10-13-5-4-6-14(17)8-13/h4-8H,10H2,1-3H3. The van der Waals surface area contributed by atoms with E-state index in [2.05, 4.69) is 11.1 Å². The minimum atomic E-state index is -0.251. The Kier molecular flexibility index (Phi) is 3.99. The maximum absolute atomic E-state index is 13.2. The minimum absolute atomic E-state index is 0.251. The van der Waals surface area contributed by atoms with E-state index in [0.717, 1.165) is 16.9 Å². The van der Waals surface area contributed by atoms with Gasteiger partial charge in [-0.05, 0) is 37.6 Å². The summed E-state index contributed by atoms with van der Waals surface area (Å²) in [5.74, 6) is -0.251. The van der Waals surface area contributed by atoms with Crippen LogP contribution in [0.25, 0.3) is 0 Å². The molecule has 2 rings (SSSR count). The molecule has 1 aromatic heterocycles. The molecule has 0 aliphatic heterocycles. The fourth-order valence-electron chi connectivity index (χ4n) is 2.24. The summed E-state index contributed by atoms with van der Waals surface area (Å²) in [5.41, 5.74) is 3.83. The van der Waals surface area contributed by atoms with Crippen molar-refractivity contribution < 1.29 is 4.39 Å². The van der Waals surface area contributed by atoms with E-state index in [1.54, 1.807) is 6.07 Å². The molecule has 0 unspecified atom stereocenters. The molecule has 0 spiro atoms. The summed E-state index contributed by atoms with van der Waals surface area (Å²) in [6.07, 6.45) is 0. The molecule has 20 heavy (non-hydrogen) atoms. The quantitative estimate of drug-likeness (QED) is 0.858. The number of hydrogen-bond acceptors (Lipinski definition) is 3. The molecule has 0 fully saturated rings. The molecule has 2 aromatic rings. The molecule has 4 heteroatoms. The highest BCUT2D eigenvalue weighted by atomic mass is 19.1. The van der Waals surface area contributed by atoms with Crippen LogP contribution in [0.3, 0.4) is 0 Å². The molecule has 102 valence electrons. The fraction of sp³-hybridized carbons (Fsp3) is 0.250. The van der Waals surface area contributed by atoms with Crippen molar-refractivity contribution in [2.45, 2.75) is 20.4 Å². The number of aryl methyl sites for hydroxylation is 2. The van der Waals surface area contributed by atoms with E-state index >= 15 is 0 Å². The average molecular weight is 269 g/mol. The lowest BCUT2D eigenvalue weighted by Crippen LogP contribution is -2.18. The van der Waals surface area contributed by atoms with Gasteiger partial charge in [0.05, 0.1) is 16.9 Å². The highest BCUT2D eigenvalue weighted by Gasteiger charge is 2.12. The van der Waals surface area contributed by atoms with Crippen LogP contribution in [-0.4, -0.2) is 12.0 Å². The predicted molar refractivity (Wildman–Crippen MR) is 76.9 cm³/mol. The summed E-state index contributed by atoms with van der Waals surface area (Å²) in [5, 5.41) is 9.27. The third-order valence-corrected chi connectivity index (χ3v) is 3.14. The highest BCUT2D eigenvalue weighted by molar-refractivity contribution is 5.61. The van der Waals surface area contributed by atoms with E-state index in [0.29, 0.717) is 17.8 Å². The molecular weight excluding hydrogens is 253 g/mol. The average Bonchev–Trinajstić information content (AvgIpc) is 2.37. The number of benzene rings is 1. The minimum Gasteiger partial charge on any atom is -0.369 e. The van der Waals surface area contributed by atoms with Crippen molar-refractivity contribution in [2.75, 3.05) is 11.9 Å². The van der Waals surface area contributed by atoms with E-state index < -0.39 is 0 Å². The van der Waals surface area contributed by atoms with Gasteiger partial charge in [-0.1, -0.05) is 12.1 Å². The zero-order valence-corrected chi connectivity index (χ0v) is 11.8. The van der Waals surface area contributed by atoms with Gasteiger partial charge in [0, 0.05) is 19.3 Å². The van der Waals surface area contributed by atoms with Gasteiger partial charge in [0.25, 0.3) is 0 Å². The monoisotopic (exact) mass is 269 g/mol. The lowest BCUT2D eigenvalue weighted by Gasteiger charge is -2.21. The first-order chi connectivity index (χ1) is 9.51. The van der Waals surface area contributed by atoms with Crippen molar-refractivity contribution in [1.82, 2.24) is 4.98 Å². The Labute approximate surface area is 118 Å². The molecule has 0 saturated carbocycles. The topological polar surface area (TPSA) is 39.9 Å². The summed E-state index contributed by atoms with van der Waals surface area (Å²) in [4.78, 5) is 6.24. The van der Waals surface area contributed by atoms with Gasteiger partial charge in [0.1, 0.15) is 11.9 Å². The smallest absolute Gasteiger partial charge is 0.123 e. The molecule has 0 N–H and O–H groups in total. The normalized spacial score (nSPS) is 10.2. The van der Waals surface area contributed by atoms with Crippen LogP contribution in [0.5, 0.6) is 0 Å². The summed E-state index contributed by atoms with van der Waals surface area (Å²) >= 11 is 0. The van der Waals surface area contributed by atoms with E-state index in [1.165, 1.54) is 12.1 Å². The third-order valence-electron chi connectivity index (χ3n) is 3.14. The Hall–Kier alpha value is -2.41. The molecule has 0 saturated heterocycles. The lowest BCUT2D eigenvalue weighted by atomic mass is 10.1. The molecule has 0 amide bonds. The van der Waals surface area contributed by atoms with Gasteiger partial charge in [-0.25, -0.2) is 4.39 Å². The van der Waals surface area contributed by atoms with Gasteiger partial charge < -0.3 is 4.90 Å². The number of hydrogen-bond donors (Lipinski definition) is 0. The lowest BCUT2D eigenvalue weighted by molar-refractivity contribution is 0.625. The van der Waals surface area contributed by atoms with Crippen LogP contribution in [0.4, 0.5) is 10.1 Å². The van der Waals surface area contributed by atoms with Crippen LogP contribution in [0.2, 0.25) is 0 Å². The number of anilines is 1. The van der Waals surface area contributed by atoms with Crippen LogP contribution >= 0.6 is 0 Å². The second-order valence-corrected chi connectivity index (χ2v) is 4.84. The molecule has 1 heterocycles. The zero-order valence-electron chi connectivity index (χ0n) is 11.8. The zero-order chi connectivity index (χ0) is 14.7. The summed E-state index contributed by atoms with van der Waals surface area (Å²) in [6, 6.07) is 10.6. The van der Waals surface area contributed by atoms with E-state index in [4.69, 9.17) is 0 Å². The van der Waals surface area contributed by atoms with Crippen molar-refractivity contribution >= 4 is 5.69 Å². The first-order valence-electron chi connectivity index (χ1n) is 6.35.